The summed E-state index contributed by atoms with van der Waals surface area (Å²) in [6, 6.07) is 0. The lowest BCUT2D eigenvalue weighted by molar-refractivity contribution is -0.429. The monoisotopic (exact) mass is 167 g/mol. The standard InChI is InChI=1S/C5H7ClN2O2/c6-5-2-1-4(3-7-5)8(9)10/h3,5,7H,1-2H2/i1D,2D2,5D/hD. The minimum Gasteiger partial charge on any atom is -0.370 e. The maximum atomic E-state index is 10.4. The first-order valence-electron chi connectivity index (χ1n) is 4.90. The number of hydrogen-bond donors (Lipinski definition) is 1. The largest absolute Gasteiger partial charge is 0.370 e. The number of halogens is 1. The Morgan fingerprint density at radius 3 is 3.60 bits per heavy atom. The molecule has 5 heteroatoms. The minimum atomic E-state index is -2.71. The van der Waals surface area contributed by atoms with Crippen molar-refractivity contribution < 1.29 is 11.8 Å². The van der Waals surface area contributed by atoms with Crippen LogP contribution < -0.4 is 5.31 Å². The van der Waals surface area contributed by atoms with E-state index in [0.717, 1.165) is 0 Å². The summed E-state index contributed by atoms with van der Waals surface area (Å²) in [4.78, 5) is 9.49. The average Bonchev–Trinajstić information content (AvgIpc) is 2.09. The van der Waals surface area contributed by atoms with Gasteiger partial charge < -0.3 is 5.31 Å². The van der Waals surface area contributed by atoms with Crippen LogP contribution in [0.25, 0.3) is 0 Å². The highest BCUT2D eigenvalue weighted by molar-refractivity contribution is 6.20. The number of rotatable bonds is 1. The summed E-state index contributed by atoms with van der Waals surface area (Å²) in [5, 5.41) is 10.6. The first-order chi connectivity index (χ1) is 6.62. The number of nitro groups is 1. The molecular weight excluding hydrogens is 156 g/mol. The molecule has 1 aliphatic heterocycles. The average molecular weight is 168 g/mol. The van der Waals surface area contributed by atoms with Crippen LogP contribution in [-0.4, -0.2) is 10.4 Å². The van der Waals surface area contributed by atoms with Crippen LogP contribution in [0, 0.1) is 10.1 Å². The molecule has 2 atom stereocenters. The zero-order valence-corrected chi connectivity index (χ0v) is 5.50. The molecule has 0 amide bonds. The molecule has 0 radical (unpaired) electrons. The van der Waals surface area contributed by atoms with Gasteiger partial charge in [-0.2, -0.15) is 0 Å². The minimum absolute atomic E-state index is 0.137. The maximum absolute atomic E-state index is 10.4. The summed E-state index contributed by atoms with van der Waals surface area (Å²) in [5.41, 5.74) is -3.34. The Hall–Kier alpha value is -0.770. The van der Waals surface area contributed by atoms with Crippen LogP contribution >= 0.6 is 11.6 Å². The predicted molar refractivity (Wildman–Crippen MR) is 37.1 cm³/mol. The Bertz CT molecular complexity index is 333. The second-order valence-electron chi connectivity index (χ2n) is 1.52. The highest BCUT2D eigenvalue weighted by Crippen LogP contribution is 2.14. The van der Waals surface area contributed by atoms with Gasteiger partial charge in [-0.25, -0.2) is 0 Å². The van der Waals surface area contributed by atoms with E-state index in [0.29, 0.717) is 6.20 Å². The van der Waals surface area contributed by atoms with E-state index in [1.165, 1.54) is 0 Å². The number of nitrogens with one attached hydrogen (secondary N) is 1. The summed E-state index contributed by atoms with van der Waals surface area (Å²) in [6.45, 7) is 0. The number of alkyl halides is 1. The van der Waals surface area contributed by atoms with E-state index in [1.807, 2.05) is 0 Å². The van der Waals surface area contributed by atoms with Crippen molar-refractivity contribution in [2.45, 2.75) is 18.2 Å². The van der Waals surface area contributed by atoms with Crippen LogP contribution in [-0.2, 0) is 0 Å². The Morgan fingerprint density at radius 2 is 3.00 bits per heavy atom. The normalized spacial score (nSPS) is 52.9. The van der Waals surface area contributed by atoms with Gasteiger partial charge in [-0.05, 0) is 6.37 Å². The van der Waals surface area contributed by atoms with Gasteiger partial charge in [0.1, 0.15) is 5.48 Å². The van der Waals surface area contributed by atoms with Crippen molar-refractivity contribution in [1.82, 2.24) is 5.31 Å². The smallest absolute Gasteiger partial charge is 0.261 e. The van der Waals surface area contributed by atoms with Gasteiger partial charge in [0.25, 0.3) is 5.70 Å². The van der Waals surface area contributed by atoms with Crippen LogP contribution in [0.15, 0.2) is 11.9 Å². The highest BCUT2D eigenvalue weighted by atomic mass is 35.5. The van der Waals surface area contributed by atoms with E-state index >= 15 is 0 Å². The molecule has 1 N–H and O–H groups in total. The van der Waals surface area contributed by atoms with Crippen LogP contribution in [0.5, 0.6) is 0 Å². The van der Waals surface area contributed by atoms with Gasteiger partial charge in [0, 0.05) is 10.5 Å². The van der Waals surface area contributed by atoms with E-state index in [-0.39, 0.29) is 5.31 Å². The van der Waals surface area contributed by atoms with Crippen LogP contribution in [0.4, 0.5) is 0 Å². The van der Waals surface area contributed by atoms with Crippen molar-refractivity contribution in [2.75, 3.05) is 0 Å². The summed E-state index contributed by atoms with van der Waals surface area (Å²) in [5.74, 6) is 0. The molecule has 1 rings (SSSR count). The Morgan fingerprint density at radius 1 is 2.30 bits per heavy atom. The van der Waals surface area contributed by atoms with Crippen LogP contribution in [0.1, 0.15) is 18.3 Å². The quantitative estimate of drug-likeness (QED) is 0.275. The zero-order valence-electron chi connectivity index (χ0n) is 9.74. The molecule has 0 aromatic heterocycles. The molecule has 0 fully saturated rings. The number of allylic oxidation sites excluding steroid dienone is 1. The van der Waals surface area contributed by atoms with Crippen molar-refractivity contribution >= 4 is 11.6 Å². The molecule has 0 aliphatic carbocycles. The molecular formula is C5H7ClN2O2. The molecule has 0 spiro atoms. The number of hydrogen-bond acceptors (Lipinski definition) is 3. The molecule has 0 bridgehead atoms. The molecule has 2 unspecified atom stereocenters. The second-order valence-corrected chi connectivity index (χ2v) is 1.88. The predicted octanol–water partition coefficient (Wildman–Crippen LogP) is 1.05. The molecule has 1 heterocycles. The first-order valence-corrected chi connectivity index (χ1v) is 2.75. The van der Waals surface area contributed by atoms with E-state index in [2.05, 4.69) is 0 Å². The molecule has 0 saturated heterocycles. The summed E-state index contributed by atoms with van der Waals surface area (Å²) in [7, 11) is 0. The molecule has 4 nitrogen and oxygen atoms in total. The molecule has 0 saturated carbocycles. The van der Waals surface area contributed by atoms with E-state index in [4.69, 9.17) is 18.5 Å². The third kappa shape index (κ3) is 1.60. The fourth-order valence-corrected chi connectivity index (χ4v) is 0.534. The van der Waals surface area contributed by atoms with Crippen molar-refractivity contribution in [2.24, 2.45) is 0 Å². The van der Waals surface area contributed by atoms with Crippen LogP contribution in [0.3, 0.4) is 0 Å². The second kappa shape index (κ2) is 2.88. The summed E-state index contributed by atoms with van der Waals surface area (Å²) >= 11 is 5.42. The van der Waals surface area contributed by atoms with Gasteiger partial charge in [-0.3, -0.25) is 10.1 Å². The van der Waals surface area contributed by atoms with Gasteiger partial charge in [0.05, 0.1) is 12.5 Å². The highest BCUT2D eigenvalue weighted by Gasteiger charge is 2.18. The first kappa shape index (κ1) is 3.09. The van der Waals surface area contributed by atoms with Gasteiger partial charge in [-0.15, -0.1) is 0 Å². The maximum Gasteiger partial charge on any atom is 0.261 e. The van der Waals surface area contributed by atoms with Gasteiger partial charge in [0.15, 0.2) is 1.41 Å². The van der Waals surface area contributed by atoms with Gasteiger partial charge in [-0.1, -0.05) is 11.6 Å². The summed E-state index contributed by atoms with van der Waals surface area (Å²) in [6.07, 6.45) is -4.03. The summed E-state index contributed by atoms with van der Waals surface area (Å²) < 4.78 is 36.5. The van der Waals surface area contributed by atoms with Crippen LogP contribution in [0.2, 0.25) is 1.41 Å². The third-order valence-corrected chi connectivity index (χ3v) is 1.07. The van der Waals surface area contributed by atoms with Gasteiger partial charge >= 0.3 is 0 Å². The van der Waals surface area contributed by atoms with Crippen molar-refractivity contribution in [3.8, 4) is 0 Å². The fraction of sp³-hybridized carbons (Fsp3) is 0.600. The van der Waals surface area contributed by atoms with Crippen molar-refractivity contribution in [3.05, 3.63) is 22.0 Å². The van der Waals surface area contributed by atoms with E-state index in [1.54, 1.807) is 0 Å². The third-order valence-electron chi connectivity index (χ3n) is 0.860. The lowest BCUT2D eigenvalue weighted by atomic mass is 10.2. The molecule has 56 valence electrons. The Labute approximate surface area is 70.1 Å². The van der Waals surface area contributed by atoms with Crippen molar-refractivity contribution in [3.63, 3.8) is 0 Å². The Kier molecular flexibility index (Phi) is 0.888. The molecule has 1 aliphatic rings. The van der Waals surface area contributed by atoms with E-state index in [9.17, 15) is 10.1 Å². The Balaban J connectivity index is 3.27. The van der Waals surface area contributed by atoms with Gasteiger partial charge in [0.2, 0.25) is 0 Å². The van der Waals surface area contributed by atoms with E-state index < -0.39 is 28.9 Å². The molecule has 0 aromatic rings. The van der Waals surface area contributed by atoms with Crippen molar-refractivity contribution in [1.29, 1.82) is 0 Å². The molecule has 0 aromatic carbocycles. The topological polar surface area (TPSA) is 55.2 Å². The fourth-order valence-electron chi connectivity index (χ4n) is 0.431. The molecule has 10 heavy (non-hydrogen) atoms. The lowest BCUT2D eigenvalue weighted by Gasteiger charge is -2.12. The number of nitrogens with zero attached hydrogens (tertiary/aromatic N) is 1. The SMILES string of the molecule is [2H]C1C([N+](=O)[O-])=CN([2H])C([2H])(Cl)C1([2H])[2H]. The zero-order chi connectivity index (χ0) is 12.0. The lowest BCUT2D eigenvalue weighted by Crippen LogP contribution is -2.24.